The number of amides is 1. The Bertz CT molecular complexity index is 220. The molecule has 1 rings (SSSR count). The highest BCUT2D eigenvalue weighted by molar-refractivity contribution is 5.87. The molecule has 1 aliphatic carbocycles. The van der Waals surface area contributed by atoms with Crippen LogP contribution in [0.15, 0.2) is 12.2 Å². The van der Waals surface area contributed by atoms with Gasteiger partial charge in [0.1, 0.15) is 0 Å². The van der Waals surface area contributed by atoms with Gasteiger partial charge in [-0.1, -0.05) is 19.9 Å². The lowest BCUT2D eigenvalue weighted by Gasteiger charge is -2.34. The summed E-state index contributed by atoms with van der Waals surface area (Å²) in [6.07, 6.45) is 8.05. The van der Waals surface area contributed by atoms with Crippen molar-refractivity contribution < 1.29 is 4.79 Å². The molecule has 0 saturated heterocycles. The Morgan fingerprint density at radius 2 is 1.93 bits per heavy atom. The summed E-state index contributed by atoms with van der Waals surface area (Å²) in [7, 11) is 0. The fourth-order valence-electron chi connectivity index (χ4n) is 1.94. The Hall–Kier alpha value is -0.790. The van der Waals surface area contributed by atoms with E-state index in [1.54, 1.807) is 12.2 Å². The summed E-state index contributed by atoms with van der Waals surface area (Å²) in [6, 6.07) is 0.395. The molecule has 0 radical (unpaired) electrons. The lowest BCUT2D eigenvalue weighted by atomic mass is 9.75. The Balaban J connectivity index is 2.32. The van der Waals surface area contributed by atoms with Gasteiger partial charge in [0.05, 0.1) is 0 Å². The average molecular weight is 195 g/mol. The van der Waals surface area contributed by atoms with Crippen molar-refractivity contribution in [3.8, 4) is 0 Å². The minimum Gasteiger partial charge on any atom is -0.350 e. The minimum atomic E-state index is 0.0530. The molecule has 2 heteroatoms. The molecule has 1 fully saturated rings. The molecule has 0 bridgehead atoms. The molecular weight excluding hydrogens is 174 g/mol. The molecule has 0 aromatic heterocycles. The zero-order valence-electron chi connectivity index (χ0n) is 9.47. The second kappa shape index (κ2) is 4.63. The van der Waals surface area contributed by atoms with Gasteiger partial charge < -0.3 is 5.32 Å². The van der Waals surface area contributed by atoms with Crippen LogP contribution >= 0.6 is 0 Å². The molecule has 0 atom stereocenters. The van der Waals surface area contributed by atoms with Gasteiger partial charge in [-0.25, -0.2) is 0 Å². The van der Waals surface area contributed by atoms with Crippen LogP contribution in [-0.4, -0.2) is 11.9 Å². The minimum absolute atomic E-state index is 0.0530. The predicted octanol–water partition coefficient (Wildman–Crippen LogP) is 2.65. The van der Waals surface area contributed by atoms with Gasteiger partial charge in [-0.15, -0.1) is 0 Å². The Morgan fingerprint density at radius 1 is 1.36 bits per heavy atom. The van der Waals surface area contributed by atoms with E-state index in [0.29, 0.717) is 11.5 Å². The van der Waals surface area contributed by atoms with Crippen molar-refractivity contribution in [1.29, 1.82) is 0 Å². The molecule has 1 saturated carbocycles. The molecule has 80 valence electrons. The van der Waals surface area contributed by atoms with Gasteiger partial charge >= 0.3 is 0 Å². The maximum absolute atomic E-state index is 11.3. The first-order chi connectivity index (χ1) is 6.53. The van der Waals surface area contributed by atoms with Crippen LogP contribution in [0, 0.1) is 5.41 Å². The second-order valence-electron chi connectivity index (χ2n) is 4.95. The number of nitrogens with one attached hydrogen (secondary N) is 1. The second-order valence-corrected chi connectivity index (χ2v) is 4.95. The maximum Gasteiger partial charge on any atom is 0.243 e. The molecule has 0 aromatic carbocycles. The Morgan fingerprint density at radius 3 is 2.43 bits per heavy atom. The normalized spacial score (nSPS) is 22.5. The van der Waals surface area contributed by atoms with E-state index >= 15 is 0 Å². The molecule has 1 aliphatic rings. The van der Waals surface area contributed by atoms with Crippen LogP contribution in [-0.2, 0) is 4.79 Å². The number of rotatable bonds is 2. The van der Waals surface area contributed by atoms with E-state index in [1.807, 2.05) is 6.92 Å². The highest BCUT2D eigenvalue weighted by Crippen LogP contribution is 2.34. The molecule has 1 N–H and O–H groups in total. The van der Waals surface area contributed by atoms with Crippen LogP contribution in [0.2, 0.25) is 0 Å². The molecule has 1 amide bonds. The number of hydrogen-bond donors (Lipinski definition) is 1. The zero-order valence-corrected chi connectivity index (χ0v) is 9.47. The summed E-state index contributed by atoms with van der Waals surface area (Å²) in [5.41, 5.74) is 0.474. The lowest BCUT2D eigenvalue weighted by molar-refractivity contribution is -0.117. The highest BCUT2D eigenvalue weighted by atomic mass is 16.1. The molecule has 0 aliphatic heterocycles. The molecule has 2 nitrogen and oxygen atoms in total. The fourth-order valence-corrected chi connectivity index (χ4v) is 1.94. The summed E-state index contributed by atoms with van der Waals surface area (Å²) in [4.78, 5) is 11.3. The van der Waals surface area contributed by atoms with Gasteiger partial charge in [0.2, 0.25) is 5.91 Å². The van der Waals surface area contributed by atoms with Gasteiger partial charge in [0, 0.05) is 6.04 Å². The quantitative estimate of drug-likeness (QED) is 0.674. The molecule has 14 heavy (non-hydrogen) atoms. The Kier molecular flexibility index (Phi) is 3.73. The smallest absolute Gasteiger partial charge is 0.243 e. The van der Waals surface area contributed by atoms with Crippen molar-refractivity contribution in [2.45, 2.75) is 52.5 Å². The van der Waals surface area contributed by atoms with Crippen LogP contribution in [0.3, 0.4) is 0 Å². The third-order valence-electron chi connectivity index (χ3n) is 3.00. The average Bonchev–Trinajstić information content (AvgIpc) is 2.09. The van der Waals surface area contributed by atoms with Crippen molar-refractivity contribution in [1.82, 2.24) is 5.32 Å². The van der Waals surface area contributed by atoms with Crippen LogP contribution in [0.5, 0.6) is 0 Å². The van der Waals surface area contributed by atoms with E-state index in [1.165, 1.54) is 12.8 Å². The van der Waals surface area contributed by atoms with Crippen LogP contribution in [0.25, 0.3) is 0 Å². The van der Waals surface area contributed by atoms with Crippen molar-refractivity contribution in [2.75, 3.05) is 0 Å². The predicted molar refractivity (Wildman–Crippen MR) is 59.0 cm³/mol. The third kappa shape index (κ3) is 3.52. The molecule has 0 spiro atoms. The van der Waals surface area contributed by atoms with Crippen LogP contribution in [0.4, 0.5) is 0 Å². The standard InChI is InChI=1S/C12H21NO/c1-4-5-11(14)13-10-6-8-12(2,3)9-7-10/h4-5,10H,6-9H2,1-3H3,(H,13,14)/b5-4+. The van der Waals surface area contributed by atoms with Gasteiger partial charge in [-0.3, -0.25) is 4.79 Å². The van der Waals surface area contributed by atoms with E-state index in [0.717, 1.165) is 12.8 Å². The van der Waals surface area contributed by atoms with Gasteiger partial charge in [0.15, 0.2) is 0 Å². The maximum atomic E-state index is 11.3. The van der Waals surface area contributed by atoms with E-state index in [9.17, 15) is 4.79 Å². The first kappa shape index (κ1) is 11.3. The number of hydrogen-bond acceptors (Lipinski definition) is 1. The lowest BCUT2D eigenvalue weighted by Crippen LogP contribution is -2.38. The summed E-state index contributed by atoms with van der Waals surface area (Å²) >= 11 is 0. The number of carbonyl (C=O) groups is 1. The summed E-state index contributed by atoms with van der Waals surface area (Å²) in [5.74, 6) is 0.0530. The largest absolute Gasteiger partial charge is 0.350 e. The number of carbonyl (C=O) groups excluding carboxylic acids is 1. The fraction of sp³-hybridized carbons (Fsp3) is 0.750. The van der Waals surface area contributed by atoms with Crippen molar-refractivity contribution in [3.05, 3.63) is 12.2 Å². The monoisotopic (exact) mass is 195 g/mol. The topological polar surface area (TPSA) is 29.1 Å². The summed E-state index contributed by atoms with van der Waals surface area (Å²) in [5, 5.41) is 3.03. The third-order valence-corrected chi connectivity index (χ3v) is 3.00. The van der Waals surface area contributed by atoms with E-state index in [4.69, 9.17) is 0 Å². The highest BCUT2D eigenvalue weighted by Gasteiger charge is 2.26. The number of allylic oxidation sites excluding steroid dienone is 1. The molecular formula is C12H21NO. The van der Waals surface area contributed by atoms with Crippen molar-refractivity contribution >= 4 is 5.91 Å². The van der Waals surface area contributed by atoms with Crippen molar-refractivity contribution in [3.63, 3.8) is 0 Å². The van der Waals surface area contributed by atoms with E-state index in [2.05, 4.69) is 19.2 Å². The summed E-state index contributed by atoms with van der Waals surface area (Å²) in [6.45, 7) is 6.47. The van der Waals surface area contributed by atoms with Crippen molar-refractivity contribution in [2.24, 2.45) is 5.41 Å². The van der Waals surface area contributed by atoms with E-state index < -0.39 is 0 Å². The van der Waals surface area contributed by atoms with Gasteiger partial charge in [-0.05, 0) is 44.1 Å². The Labute approximate surface area is 86.8 Å². The molecule has 0 aromatic rings. The van der Waals surface area contributed by atoms with Gasteiger partial charge in [-0.2, -0.15) is 0 Å². The molecule has 0 heterocycles. The molecule has 0 unspecified atom stereocenters. The first-order valence-electron chi connectivity index (χ1n) is 5.47. The summed E-state index contributed by atoms with van der Waals surface area (Å²) < 4.78 is 0. The van der Waals surface area contributed by atoms with Crippen LogP contribution in [0.1, 0.15) is 46.5 Å². The van der Waals surface area contributed by atoms with Gasteiger partial charge in [0.25, 0.3) is 0 Å². The van der Waals surface area contributed by atoms with E-state index in [-0.39, 0.29) is 5.91 Å². The first-order valence-corrected chi connectivity index (χ1v) is 5.47. The van der Waals surface area contributed by atoms with Crippen LogP contribution < -0.4 is 5.32 Å². The SMILES string of the molecule is C/C=C/C(=O)NC1CCC(C)(C)CC1. The zero-order chi connectivity index (χ0) is 10.6.